The number of amides is 1. The van der Waals surface area contributed by atoms with Crippen molar-refractivity contribution >= 4 is 16.1 Å². The first-order valence-corrected chi connectivity index (χ1v) is 5.75. The molecule has 76 valence electrons. The molecule has 13 heavy (non-hydrogen) atoms. The Morgan fingerprint density at radius 1 is 1.23 bits per heavy atom. The van der Waals surface area contributed by atoms with Gasteiger partial charge in [-0.25, -0.2) is 4.72 Å². The number of nitrogens with one attached hydrogen (secondary N) is 1. The van der Waals surface area contributed by atoms with Crippen LogP contribution in [0.5, 0.6) is 0 Å². The fourth-order valence-electron chi connectivity index (χ4n) is 1.35. The fourth-order valence-corrected chi connectivity index (χ4v) is 2.58. The molecule has 1 amide bonds. The van der Waals surface area contributed by atoms with Gasteiger partial charge in [0, 0.05) is 20.0 Å². The van der Waals surface area contributed by atoms with Crippen molar-refractivity contribution in [2.75, 3.05) is 13.1 Å². The zero-order valence-electron chi connectivity index (χ0n) is 7.62. The van der Waals surface area contributed by atoms with Gasteiger partial charge in [0.25, 0.3) is 0 Å². The second-order valence-electron chi connectivity index (χ2n) is 3.12. The minimum Gasteiger partial charge on any atom is -0.274 e. The second-order valence-corrected chi connectivity index (χ2v) is 4.79. The summed E-state index contributed by atoms with van der Waals surface area (Å²) in [6, 6.07) is 0. The summed E-state index contributed by atoms with van der Waals surface area (Å²) < 4.78 is 26.0. The Balaban J connectivity index is 2.62. The number of piperidine rings is 1. The van der Waals surface area contributed by atoms with Crippen molar-refractivity contribution in [2.45, 2.75) is 26.2 Å². The van der Waals surface area contributed by atoms with Crippen LogP contribution in [-0.2, 0) is 15.0 Å². The molecule has 1 N–H and O–H groups in total. The fraction of sp³-hybridized carbons (Fsp3) is 0.857. The molecular weight excluding hydrogens is 192 g/mol. The summed E-state index contributed by atoms with van der Waals surface area (Å²) in [6.07, 6.45) is 2.81. The zero-order valence-corrected chi connectivity index (χ0v) is 8.43. The molecule has 0 aromatic rings. The number of carbonyl (C=O) groups is 1. The first-order valence-electron chi connectivity index (χ1n) is 4.31. The summed E-state index contributed by atoms with van der Waals surface area (Å²) in [5, 5.41) is 0. The number of hydrogen-bond acceptors (Lipinski definition) is 3. The summed E-state index contributed by atoms with van der Waals surface area (Å²) in [4.78, 5) is 10.6. The highest BCUT2D eigenvalue weighted by Gasteiger charge is 2.24. The zero-order chi connectivity index (χ0) is 9.90. The van der Waals surface area contributed by atoms with Crippen LogP contribution in [0, 0.1) is 0 Å². The molecule has 1 rings (SSSR count). The number of hydrogen-bond donors (Lipinski definition) is 1. The van der Waals surface area contributed by atoms with E-state index in [1.807, 2.05) is 4.72 Å². The van der Waals surface area contributed by atoms with Gasteiger partial charge in [0.15, 0.2) is 0 Å². The molecule has 0 spiro atoms. The lowest BCUT2D eigenvalue weighted by Gasteiger charge is -2.25. The monoisotopic (exact) mass is 206 g/mol. The molecule has 0 aromatic carbocycles. The van der Waals surface area contributed by atoms with E-state index in [2.05, 4.69) is 0 Å². The molecule has 0 unspecified atom stereocenters. The molecule has 0 aliphatic carbocycles. The van der Waals surface area contributed by atoms with Gasteiger partial charge in [-0.15, -0.1) is 0 Å². The highest BCUT2D eigenvalue weighted by molar-refractivity contribution is 7.87. The molecule has 1 saturated heterocycles. The van der Waals surface area contributed by atoms with Crippen LogP contribution in [0.2, 0.25) is 0 Å². The molecule has 0 atom stereocenters. The smallest absolute Gasteiger partial charge is 0.274 e. The predicted octanol–water partition coefficient (Wildman–Crippen LogP) is -0.147. The van der Waals surface area contributed by atoms with Gasteiger partial charge in [0.05, 0.1) is 0 Å². The number of carbonyl (C=O) groups excluding carboxylic acids is 1. The number of rotatable bonds is 2. The van der Waals surface area contributed by atoms with Crippen LogP contribution < -0.4 is 4.72 Å². The SMILES string of the molecule is CC(=O)NS(=O)(=O)N1CCCCC1. The number of nitrogens with zero attached hydrogens (tertiary/aromatic N) is 1. The van der Waals surface area contributed by atoms with Gasteiger partial charge in [-0.2, -0.15) is 12.7 Å². The van der Waals surface area contributed by atoms with Crippen molar-refractivity contribution < 1.29 is 13.2 Å². The van der Waals surface area contributed by atoms with Crippen molar-refractivity contribution in [3.63, 3.8) is 0 Å². The molecule has 1 fully saturated rings. The van der Waals surface area contributed by atoms with E-state index in [0.29, 0.717) is 13.1 Å². The summed E-state index contributed by atoms with van der Waals surface area (Å²) in [5.41, 5.74) is 0. The van der Waals surface area contributed by atoms with E-state index in [1.165, 1.54) is 11.2 Å². The van der Waals surface area contributed by atoms with Crippen LogP contribution in [0.25, 0.3) is 0 Å². The Hall–Kier alpha value is -0.620. The molecule has 0 saturated carbocycles. The average molecular weight is 206 g/mol. The first-order chi connectivity index (χ1) is 6.02. The van der Waals surface area contributed by atoms with Crippen LogP contribution in [0.4, 0.5) is 0 Å². The van der Waals surface area contributed by atoms with E-state index < -0.39 is 16.1 Å². The largest absolute Gasteiger partial charge is 0.303 e. The molecule has 0 aromatic heterocycles. The second kappa shape index (κ2) is 4.06. The Morgan fingerprint density at radius 3 is 2.23 bits per heavy atom. The van der Waals surface area contributed by atoms with Gasteiger partial charge in [0.2, 0.25) is 5.91 Å². The summed E-state index contributed by atoms with van der Waals surface area (Å²) in [6.45, 7) is 2.23. The Labute approximate surface area is 78.3 Å². The van der Waals surface area contributed by atoms with Crippen molar-refractivity contribution in [2.24, 2.45) is 0 Å². The Morgan fingerprint density at radius 2 is 1.77 bits per heavy atom. The van der Waals surface area contributed by atoms with Crippen molar-refractivity contribution in [3.05, 3.63) is 0 Å². The third kappa shape index (κ3) is 2.96. The Bertz CT molecular complexity index is 280. The van der Waals surface area contributed by atoms with Gasteiger partial charge in [-0.3, -0.25) is 4.79 Å². The molecule has 5 nitrogen and oxygen atoms in total. The minimum absolute atomic E-state index is 0.516. The van der Waals surface area contributed by atoms with Crippen LogP contribution in [0.3, 0.4) is 0 Å². The minimum atomic E-state index is -3.55. The summed E-state index contributed by atoms with van der Waals surface area (Å²) in [7, 11) is -3.55. The van der Waals surface area contributed by atoms with Crippen molar-refractivity contribution in [1.82, 2.24) is 9.03 Å². The molecule has 0 radical (unpaired) electrons. The van der Waals surface area contributed by atoms with E-state index in [-0.39, 0.29) is 0 Å². The topological polar surface area (TPSA) is 66.5 Å². The average Bonchev–Trinajstić information content (AvgIpc) is 2.04. The lowest BCUT2D eigenvalue weighted by atomic mass is 10.2. The van der Waals surface area contributed by atoms with E-state index in [1.54, 1.807) is 0 Å². The molecule has 0 bridgehead atoms. The van der Waals surface area contributed by atoms with Gasteiger partial charge in [-0.1, -0.05) is 6.42 Å². The summed E-state index contributed by atoms with van der Waals surface area (Å²) >= 11 is 0. The highest BCUT2D eigenvalue weighted by Crippen LogP contribution is 2.11. The molecule has 6 heteroatoms. The highest BCUT2D eigenvalue weighted by atomic mass is 32.2. The summed E-state index contributed by atoms with van der Waals surface area (Å²) in [5.74, 6) is -0.537. The molecule has 1 aliphatic rings. The standard InChI is InChI=1S/C7H14N2O3S/c1-7(10)8-13(11,12)9-5-3-2-4-6-9/h2-6H2,1H3,(H,8,10). The van der Waals surface area contributed by atoms with Crippen LogP contribution in [0.15, 0.2) is 0 Å². The lowest BCUT2D eigenvalue weighted by Crippen LogP contribution is -2.44. The third-order valence-corrected chi connectivity index (χ3v) is 3.52. The maximum atomic E-state index is 11.4. The van der Waals surface area contributed by atoms with Crippen LogP contribution in [0.1, 0.15) is 26.2 Å². The van der Waals surface area contributed by atoms with Crippen molar-refractivity contribution in [1.29, 1.82) is 0 Å². The third-order valence-electron chi connectivity index (χ3n) is 1.93. The van der Waals surface area contributed by atoms with Gasteiger partial charge < -0.3 is 0 Å². The van der Waals surface area contributed by atoms with E-state index in [9.17, 15) is 13.2 Å². The van der Waals surface area contributed by atoms with E-state index in [0.717, 1.165) is 19.3 Å². The maximum Gasteiger partial charge on any atom is 0.303 e. The van der Waals surface area contributed by atoms with E-state index in [4.69, 9.17) is 0 Å². The quantitative estimate of drug-likeness (QED) is 0.683. The van der Waals surface area contributed by atoms with E-state index >= 15 is 0 Å². The molecular formula is C7H14N2O3S. The molecule has 1 aliphatic heterocycles. The molecule has 1 heterocycles. The van der Waals surface area contributed by atoms with Crippen LogP contribution >= 0.6 is 0 Å². The lowest BCUT2D eigenvalue weighted by molar-refractivity contribution is -0.117. The predicted molar refractivity (Wildman–Crippen MR) is 48.2 cm³/mol. The van der Waals surface area contributed by atoms with Crippen molar-refractivity contribution in [3.8, 4) is 0 Å². The first kappa shape index (κ1) is 10.5. The normalized spacial score (nSPS) is 19.8. The van der Waals surface area contributed by atoms with Gasteiger partial charge >= 0.3 is 10.2 Å². The van der Waals surface area contributed by atoms with Gasteiger partial charge in [-0.05, 0) is 12.8 Å². The Kier molecular flexibility index (Phi) is 3.27. The van der Waals surface area contributed by atoms with Gasteiger partial charge in [0.1, 0.15) is 0 Å². The maximum absolute atomic E-state index is 11.4. The van der Waals surface area contributed by atoms with Crippen LogP contribution in [-0.4, -0.2) is 31.7 Å².